The van der Waals surface area contributed by atoms with Gasteiger partial charge in [-0.1, -0.05) is 21.1 Å². The lowest BCUT2D eigenvalue weighted by Gasteiger charge is -2.12. The number of aromatic nitrogens is 1. The summed E-state index contributed by atoms with van der Waals surface area (Å²) in [5, 5.41) is 6.72. The first-order valence-electron chi connectivity index (χ1n) is 5.91. The van der Waals surface area contributed by atoms with E-state index in [9.17, 15) is 4.79 Å². The van der Waals surface area contributed by atoms with Crippen molar-refractivity contribution in [2.45, 2.75) is 27.7 Å². The van der Waals surface area contributed by atoms with Crippen molar-refractivity contribution in [1.29, 1.82) is 0 Å². The van der Waals surface area contributed by atoms with Gasteiger partial charge in [0.25, 0.3) is 5.91 Å². The van der Waals surface area contributed by atoms with Crippen molar-refractivity contribution in [2.75, 3.05) is 5.32 Å². The van der Waals surface area contributed by atoms with Crippen LogP contribution >= 0.6 is 15.9 Å². The zero-order valence-electron chi connectivity index (χ0n) is 11.3. The molecule has 1 amide bonds. The predicted octanol–water partition coefficient (Wildman–Crippen LogP) is 3.92. The number of halogens is 1. The molecule has 0 fully saturated rings. The Labute approximate surface area is 120 Å². The predicted molar refractivity (Wildman–Crippen MR) is 77.5 cm³/mol. The zero-order valence-corrected chi connectivity index (χ0v) is 12.9. The van der Waals surface area contributed by atoms with Gasteiger partial charge in [-0.05, 0) is 51.0 Å². The van der Waals surface area contributed by atoms with Gasteiger partial charge in [0.05, 0.1) is 5.69 Å². The van der Waals surface area contributed by atoms with Crippen LogP contribution in [0.1, 0.15) is 32.9 Å². The Morgan fingerprint density at radius 3 is 2.26 bits per heavy atom. The standard InChI is InChI=1S/C14H15BrN2O2/c1-7-5-11(15)6-8(2)13(7)16-14(18)12-9(3)17-19-10(12)4/h5-6H,1-4H3,(H,16,18). The highest BCUT2D eigenvalue weighted by Crippen LogP contribution is 2.26. The van der Waals surface area contributed by atoms with E-state index in [2.05, 4.69) is 26.4 Å². The lowest BCUT2D eigenvalue weighted by Crippen LogP contribution is -2.15. The van der Waals surface area contributed by atoms with Crippen molar-refractivity contribution in [1.82, 2.24) is 5.16 Å². The minimum atomic E-state index is -0.190. The number of aryl methyl sites for hydroxylation is 4. The molecule has 0 bridgehead atoms. The monoisotopic (exact) mass is 322 g/mol. The fraction of sp³-hybridized carbons (Fsp3) is 0.286. The van der Waals surface area contributed by atoms with E-state index in [1.807, 2.05) is 26.0 Å². The third-order valence-corrected chi connectivity index (χ3v) is 3.45. The Morgan fingerprint density at radius 1 is 1.21 bits per heavy atom. The summed E-state index contributed by atoms with van der Waals surface area (Å²) in [4.78, 5) is 12.3. The molecule has 1 aromatic heterocycles. The molecule has 2 rings (SSSR count). The number of benzene rings is 1. The molecule has 0 saturated heterocycles. The molecule has 0 spiro atoms. The third kappa shape index (κ3) is 2.71. The maximum absolute atomic E-state index is 12.3. The average molecular weight is 323 g/mol. The molecule has 4 nitrogen and oxygen atoms in total. The van der Waals surface area contributed by atoms with Gasteiger partial charge in [-0.25, -0.2) is 0 Å². The molecule has 1 heterocycles. The van der Waals surface area contributed by atoms with Gasteiger partial charge in [-0.3, -0.25) is 4.79 Å². The number of amides is 1. The Morgan fingerprint density at radius 2 is 1.79 bits per heavy atom. The summed E-state index contributed by atoms with van der Waals surface area (Å²) >= 11 is 3.44. The summed E-state index contributed by atoms with van der Waals surface area (Å²) in [6.45, 7) is 7.41. The van der Waals surface area contributed by atoms with Crippen LogP contribution in [0.2, 0.25) is 0 Å². The van der Waals surface area contributed by atoms with E-state index >= 15 is 0 Å². The normalized spacial score (nSPS) is 10.6. The lowest BCUT2D eigenvalue weighted by atomic mass is 10.1. The SMILES string of the molecule is Cc1cc(Br)cc(C)c1NC(=O)c1c(C)noc1C. The first kappa shape index (κ1) is 13.8. The van der Waals surface area contributed by atoms with Crippen LogP contribution in [0.5, 0.6) is 0 Å². The van der Waals surface area contributed by atoms with Gasteiger partial charge in [0.1, 0.15) is 11.3 Å². The number of anilines is 1. The molecule has 0 aliphatic rings. The Hall–Kier alpha value is -1.62. The summed E-state index contributed by atoms with van der Waals surface area (Å²) in [7, 11) is 0. The van der Waals surface area contributed by atoms with Gasteiger partial charge in [0, 0.05) is 10.2 Å². The molecule has 5 heteroatoms. The van der Waals surface area contributed by atoms with Crippen LogP contribution in [-0.2, 0) is 0 Å². The fourth-order valence-electron chi connectivity index (χ4n) is 2.09. The molecule has 0 radical (unpaired) electrons. The Balaban J connectivity index is 2.35. The average Bonchev–Trinajstić information content (AvgIpc) is 2.63. The summed E-state index contributed by atoms with van der Waals surface area (Å²) in [6.07, 6.45) is 0. The number of carbonyl (C=O) groups is 1. The van der Waals surface area contributed by atoms with Crippen LogP contribution in [0.3, 0.4) is 0 Å². The van der Waals surface area contributed by atoms with Crippen LogP contribution in [0.25, 0.3) is 0 Å². The van der Waals surface area contributed by atoms with Crippen LogP contribution in [0, 0.1) is 27.7 Å². The fourth-order valence-corrected chi connectivity index (χ4v) is 2.78. The molecule has 1 aromatic carbocycles. The quantitative estimate of drug-likeness (QED) is 0.911. The molecule has 0 saturated carbocycles. The van der Waals surface area contributed by atoms with Gasteiger partial charge in [0.15, 0.2) is 0 Å². The van der Waals surface area contributed by atoms with Crippen molar-refractivity contribution in [3.05, 3.63) is 44.7 Å². The molecule has 0 aliphatic carbocycles. The minimum absolute atomic E-state index is 0.190. The van der Waals surface area contributed by atoms with Gasteiger partial charge >= 0.3 is 0 Å². The number of nitrogens with one attached hydrogen (secondary N) is 1. The Bertz CT molecular complexity index is 604. The van der Waals surface area contributed by atoms with Gasteiger partial charge in [0.2, 0.25) is 0 Å². The second-order valence-corrected chi connectivity index (χ2v) is 5.48. The maximum atomic E-state index is 12.3. The van der Waals surface area contributed by atoms with E-state index in [-0.39, 0.29) is 5.91 Å². The van der Waals surface area contributed by atoms with Crippen LogP contribution in [-0.4, -0.2) is 11.1 Å². The highest BCUT2D eigenvalue weighted by atomic mass is 79.9. The Kier molecular flexibility index (Phi) is 3.75. The van der Waals surface area contributed by atoms with E-state index < -0.39 is 0 Å². The highest BCUT2D eigenvalue weighted by molar-refractivity contribution is 9.10. The molecular weight excluding hydrogens is 308 g/mol. The van der Waals surface area contributed by atoms with Crippen molar-refractivity contribution in [3.8, 4) is 0 Å². The second-order valence-electron chi connectivity index (χ2n) is 4.57. The van der Waals surface area contributed by atoms with E-state index in [1.54, 1.807) is 13.8 Å². The lowest BCUT2D eigenvalue weighted by molar-refractivity contribution is 0.102. The van der Waals surface area contributed by atoms with Crippen LogP contribution in [0.4, 0.5) is 5.69 Å². The molecule has 19 heavy (non-hydrogen) atoms. The topological polar surface area (TPSA) is 55.1 Å². The molecule has 2 aromatic rings. The number of hydrogen-bond acceptors (Lipinski definition) is 3. The number of hydrogen-bond donors (Lipinski definition) is 1. The molecule has 1 N–H and O–H groups in total. The van der Waals surface area contributed by atoms with Gasteiger partial charge in [-0.2, -0.15) is 0 Å². The third-order valence-electron chi connectivity index (χ3n) is 3.00. The van der Waals surface area contributed by atoms with Crippen molar-refractivity contribution in [2.24, 2.45) is 0 Å². The van der Waals surface area contributed by atoms with Crippen molar-refractivity contribution in [3.63, 3.8) is 0 Å². The number of rotatable bonds is 2. The molecule has 100 valence electrons. The summed E-state index contributed by atoms with van der Waals surface area (Å²) in [5.74, 6) is 0.340. The van der Waals surface area contributed by atoms with Gasteiger partial charge < -0.3 is 9.84 Å². The second kappa shape index (κ2) is 5.17. The number of carbonyl (C=O) groups excluding carboxylic acids is 1. The smallest absolute Gasteiger partial charge is 0.261 e. The van der Waals surface area contributed by atoms with E-state index in [0.29, 0.717) is 17.0 Å². The van der Waals surface area contributed by atoms with E-state index in [4.69, 9.17) is 4.52 Å². The van der Waals surface area contributed by atoms with Crippen LogP contribution < -0.4 is 5.32 Å². The molecule has 0 atom stereocenters. The first-order valence-corrected chi connectivity index (χ1v) is 6.70. The highest BCUT2D eigenvalue weighted by Gasteiger charge is 2.18. The molecular formula is C14H15BrN2O2. The maximum Gasteiger partial charge on any atom is 0.261 e. The van der Waals surface area contributed by atoms with Crippen LogP contribution in [0.15, 0.2) is 21.1 Å². The number of nitrogens with zero attached hydrogens (tertiary/aromatic N) is 1. The summed E-state index contributed by atoms with van der Waals surface area (Å²) in [5.41, 5.74) is 3.94. The van der Waals surface area contributed by atoms with Crippen molar-refractivity contribution >= 4 is 27.5 Å². The van der Waals surface area contributed by atoms with E-state index in [1.165, 1.54) is 0 Å². The zero-order chi connectivity index (χ0) is 14.2. The molecule has 0 unspecified atom stereocenters. The largest absolute Gasteiger partial charge is 0.361 e. The van der Waals surface area contributed by atoms with Crippen molar-refractivity contribution < 1.29 is 9.32 Å². The van der Waals surface area contributed by atoms with E-state index in [0.717, 1.165) is 21.3 Å². The minimum Gasteiger partial charge on any atom is -0.361 e. The van der Waals surface area contributed by atoms with Gasteiger partial charge in [-0.15, -0.1) is 0 Å². The first-order chi connectivity index (χ1) is 8.90. The summed E-state index contributed by atoms with van der Waals surface area (Å²) in [6, 6.07) is 3.94. The summed E-state index contributed by atoms with van der Waals surface area (Å²) < 4.78 is 6.01. The molecule has 0 aliphatic heterocycles.